The zero-order valence-electron chi connectivity index (χ0n) is 17.7. The van der Waals surface area contributed by atoms with E-state index in [1.165, 1.54) is 42.8 Å². The second kappa shape index (κ2) is 13.8. The van der Waals surface area contributed by atoms with Crippen LogP contribution in [0.25, 0.3) is 0 Å². The van der Waals surface area contributed by atoms with Gasteiger partial charge in [-0.2, -0.15) is 0 Å². The predicted molar refractivity (Wildman–Crippen MR) is 119 cm³/mol. The van der Waals surface area contributed by atoms with E-state index in [0.29, 0.717) is 17.2 Å². The highest BCUT2D eigenvalue weighted by Gasteiger charge is 2.32. The number of amides is 2. The van der Waals surface area contributed by atoms with Gasteiger partial charge >= 0.3 is 18.0 Å². The smallest absolute Gasteiger partial charge is 0.324 e. The van der Waals surface area contributed by atoms with Crippen molar-refractivity contribution < 1.29 is 24.6 Å². The SMILES string of the molecule is O=C(Nc1nccs1)N(C1CCCCC1)C1CCNCC1.O=C(O)CC=CCC(=O)O. The highest BCUT2D eigenvalue weighted by Crippen LogP contribution is 2.27. The van der Waals surface area contributed by atoms with Gasteiger partial charge in [-0.3, -0.25) is 14.9 Å². The molecule has 0 unspecified atom stereocenters. The number of carboxylic acid groups (broad SMARTS) is 2. The summed E-state index contributed by atoms with van der Waals surface area (Å²) >= 11 is 1.48. The quantitative estimate of drug-likeness (QED) is 0.465. The first kappa shape index (κ1) is 24.8. The Morgan fingerprint density at radius 1 is 1.03 bits per heavy atom. The summed E-state index contributed by atoms with van der Waals surface area (Å²) in [5.41, 5.74) is 0. The van der Waals surface area contributed by atoms with Crippen LogP contribution in [0.5, 0.6) is 0 Å². The van der Waals surface area contributed by atoms with Gasteiger partial charge in [0.25, 0.3) is 0 Å². The van der Waals surface area contributed by atoms with Crippen LogP contribution < -0.4 is 10.6 Å². The van der Waals surface area contributed by atoms with E-state index in [1.807, 2.05) is 5.38 Å². The van der Waals surface area contributed by atoms with E-state index < -0.39 is 11.9 Å². The van der Waals surface area contributed by atoms with Crippen molar-refractivity contribution in [2.24, 2.45) is 0 Å². The third kappa shape index (κ3) is 9.48. The molecule has 2 fully saturated rings. The third-order valence-corrected chi connectivity index (χ3v) is 5.99. The fourth-order valence-corrected chi connectivity index (χ4v) is 4.40. The second-order valence-electron chi connectivity index (χ2n) is 7.61. The van der Waals surface area contributed by atoms with E-state index in [1.54, 1.807) is 6.20 Å². The van der Waals surface area contributed by atoms with Crippen molar-refractivity contribution >= 4 is 34.4 Å². The van der Waals surface area contributed by atoms with Crippen LogP contribution in [0, 0.1) is 0 Å². The summed E-state index contributed by atoms with van der Waals surface area (Å²) in [6.45, 7) is 2.02. The zero-order valence-corrected chi connectivity index (χ0v) is 18.5. The number of carbonyl (C=O) groups excluding carboxylic acids is 1. The average Bonchev–Trinajstić information content (AvgIpc) is 3.26. The summed E-state index contributed by atoms with van der Waals surface area (Å²) in [5.74, 6) is -1.91. The van der Waals surface area contributed by atoms with E-state index in [-0.39, 0.29) is 18.9 Å². The molecule has 2 amide bonds. The van der Waals surface area contributed by atoms with Crippen molar-refractivity contribution in [1.29, 1.82) is 0 Å². The largest absolute Gasteiger partial charge is 0.481 e. The van der Waals surface area contributed by atoms with E-state index in [0.717, 1.165) is 38.8 Å². The van der Waals surface area contributed by atoms with Crippen LogP contribution >= 0.6 is 11.3 Å². The van der Waals surface area contributed by atoms with Gasteiger partial charge in [0.1, 0.15) is 0 Å². The van der Waals surface area contributed by atoms with E-state index >= 15 is 0 Å². The van der Waals surface area contributed by atoms with Gasteiger partial charge in [-0.1, -0.05) is 31.4 Å². The van der Waals surface area contributed by atoms with Crippen LogP contribution in [0.2, 0.25) is 0 Å². The third-order valence-electron chi connectivity index (χ3n) is 5.30. The Kier molecular flexibility index (Phi) is 11.0. The van der Waals surface area contributed by atoms with Gasteiger partial charge in [-0.25, -0.2) is 9.78 Å². The van der Waals surface area contributed by atoms with Gasteiger partial charge in [-0.05, 0) is 38.8 Å². The number of nitrogens with zero attached hydrogens (tertiary/aromatic N) is 2. The Labute approximate surface area is 186 Å². The number of carboxylic acids is 2. The molecule has 1 aromatic heterocycles. The Hall–Kier alpha value is -2.46. The molecule has 0 aromatic carbocycles. The molecule has 172 valence electrons. The summed E-state index contributed by atoms with van der Waals surface area (Å²) in [6.07, 6.45) is 12.3. The van der Waals surface area contributed by atoms with Gasteiger partial charge < -0.3 is 20.4 Å². The summed E-state index contributed by atoms with van der Waals surface area (Å²) in [4.78, 5) is 38.8. The number of hydrogen-bond acceptors (Lipinski definition) is 6. The average molecular weight is 453 g/mol. The molecule has 0 bridgehead atoms. The molecule has 1 saturated carbocycles. The van der Waals surface area contributed by atoms with Crippen LogP contribution in [0.3, 0.4) is 0 Å². The van der Waals surface area contributed by atoms with Crippen molar-refractivity contribution in [1.82, 2.24) is 15.2 Å². The van der Waals surface area contributed by atoms with Gasteiger partial charge in [0.05, 0.1) is 12.8 Å². The standard InChI is InChI=1S/C15H24N4OS.C6H8O4/c20-15(18-14-17-10-11-21-14)19(12-4-2-1-3-5-12)13-6-8-16-9-7-13;7-5(8)3-1-2-4-6(9)10/h10-13,16H,1-9H2,(H,17,18,20);1-2H,3-4H2,(H,7,8)(H,9,10). The minimum absolute atomic E-state index is 0.0451. The highest BCUT2D eigenvalue weighted by molar-refractivity contribution is 7.13. The lowest BCUT2D eigenvalue weighted by Crippen LogP contribution is -2.53. The minimum Gasteiger partial charge on any atom is -0.481 e. The number of hydrogen-bond donors (Lipinski definition) is 4. The molecule has 0 spiro atoms. The molecular weight excluding hydrogens is 420 g/mol. The molecule has 31 heavy (non-hydrogen) atoms. The van der Waals surface area contributed by atoms with Crippen LogP contribution in [0.15, 0.2) is 23.7 Å². The first-order chi connectivity index (χ1) is 15.0. The second-order valence-corrected chi connectivity index (χ2v) is 8.51. The number of aliphatic carboxylic acids is 2. The molecule has 4 N–H and O–H groups in total. The predicted octanol–water partition coefficient (Wildman–Crippen LogP) is 3.55. The van der Waals surface area contributed by atoms with Gasteiger partial charge in [-0.15, -0.1) is 11.3 Å². The van der Waals surface area contributed by atoms with Crippen molar-refractivity contribution in [3.8, 4) is 0 Å². The maximum atomic E-state index is 12.8. The molecule has 10 heteroatoms. The number of thiazole rings is 1. The van der Waals surface area contributed by atoms with Crippen LogP contribution in [-0.2, 0) is 9.59 Å². The fraction of sp³-hybridized carbons (Fsp3) is 0.619. The molecule has 2 heterocycles. The number of carbonyl (C=O) groups is 3. The summed E-state index contributed by atoms with van der Waals surface area (Å²) in [5, 5.41) is 25.1. The van der Waals surface area contributed by atoms with Crippen molar-refractivity contribution in [3.63, 3.8) is 0 Å². The number of nitrogens with one attached hydrogen (secondary N) is 2. The first-order valence-electron chi connectivity index (χ1n) is 10.8. The first-order valence-corrected chi connectivity index (χ1v) is 11.6. The molecule has 1 aliphatic heterocycles. The topological polar surface area (TPSA) is 132 Å². The van der Waals surface area contributed by atoms with Gasteiger partial charge in [0, 0.05) is 23.7 Å². The monoisotopic (exact) mass is 452 g/mol. The summed E-state index contributed by atoms with van der Waals surface area (Å²) in [6, 6.07) is 0.819. The molecular formula is C21H32N4O5S. The lowest BCUT2D eigenvalue weighted by Gasteiger charge is -2.41. The molecule has 1 aliphatic carbocycles. The highest BCUT2D eigenvalue weighted by atomic mass is 32.1. The van der Waals surface area contributed by atoms with E-state index in [9.17, 15) is 14.4 Å². The Morgan fingerprint density at radius 3 is 2.13 bits per heavy atom. The number of anilines is 1. The number of rotatable bonds is 7. The number of aromatic nitrogens is 1. The number of urea groups is 1. The van der Waals surface area contributed by atoms with Gasteiger partial charge in [0.2, 0.25) is 0 Å². The molecule has 3 rings (SSSR count). The maximum absolute atomic E-state index is 12.8. The molecule has 2 aliphatic rings. The maximum Gasteiger partial charge on any atom is 0.324 e. The molecule has 0 atom stereocenters. The molecule has 1 saturated heterocycles. The Balaban J connectivity index is 0.000000291. The van der Waals surface area contributed by atoms with Crippen molar-refractivity contribution in [2.75, 3.05) is 18.4 Å². The number of piperidine rings is 1. The molecule has 1 aromatic rings. The van der Waals surface area contributed by atoms with E-state index in [4.69, 9.17) is 10.2 Å². The Morgan fingerprint density at radius 2 is 1.61 bits per heavy atom. The van der Waals surface area contributed by atoms with E-state index in [2.05, 4.69) is 20.5 Å². The molecule has 0 radical (unpaired) electrons. The Bertz CT molecular complexity index is 677. The lowest BCUT2D eigenvalue weighted by molar-refractivity contribution is -0.137. The zero-order chi connectivity index (χ0) is 22.5. The summed E-state index contributed by atoms with van der Waals surface area (Å²) < 4.78 is 0. The van der Waals surface area contributed by atoms with Gasteiger partial charge in [0.15, 0.2) is 5.13 Å². The fourth-order valence-electron chi connectivity index (χ4n) is 3.88. The molecule has 9 nitrogen and oxygen atoms in total. The summed E-state index contributed by atoms with van der Waals surface area (Å²) in [7, 11) is 0. The van der Waals surface area contributed by atoms with Crippen LogP contribution in [0.4, 0.5) is 9.93 Å². The van der Waals surface area contributed by atoms with Crippen molar-refractivity contribution in [3.05, 3.63) is 23.7 Å². The normalized spacial score (nSPS) is 17.5. The lowest BCUT2D eigenvalue weighted by atomic mass is 9.92. The minimum atomic E-state index is -0.957. The van der Waals surface area contributed by atoms with Crippen LogP contribution in [0.1, 0.15) is 57.8 Å². The van der Waals surface area contributed by atoms with Crippen molar-refractivity contribution in [2.45, 2.75) is 69.9 Å². The van der Waals surface area contributed by atoms with Crippen LogP contribution in [-0.4, -0.2) is 63.2 Å².